The molecule has 1 aromatic carbocycles. The fourth-order valence-electron chi connectivity index (χ4n) is 4.65. The predicted molar refractivity (Wildman–Crippen MR) is 120 cm³/mol. The van der Waals surface area contributed by atoms with Gasteiger partial charge in [0.2, 0.25) is 5.95 Å². The molecule has 0 aliphatic carbocycles. The van der Waals surface area contributed by atoms with Gasteiger partial charge in [-0.3, -0.25) is 9.20 Å². The normalized spacial score (nSPS) is 22.0. The van der Waals surface area contributed by atoms with Gasteiger partial charge in [0.25, 0.3) is 5.91 Å². The summed E-state index contributed by atoms with van der Waals surface area (Å²) in [7, 11) is 0. The Morgan fingerprint density at radius 1 is 1.30 bits per heavy atom. The van der Waals surface area contributed by atoms with Crippen LogP contribution in [0.5, 0.6) is 0 Å². The Labute approximate surface area is 180 Å². The van der Waals surface area contributed by atoms with Crippen LogP contribution < -0.4 is 5.32 Å². The summed E-state index contributed by atoms with van der Waals surface area (Å²) in [4.78, 5) is 21.1. The first-order valence-electron chi connectivity index (χ1n) is 11.0. The van der Waals surface area contributed by atoms with E-state index >= 15 is 0 Å². The monoisotopic (exact) mass is 424 g/mol. The summed E-state index contributed by atoms with van der Waals surface area (Å²) in [6, 6.07) is 8.38. The van der Waals surface area contributed by atoms with Crippen molar-refractivity contribution in [3.05, 3.63) is 47.1 Å². The van der Waals surface area contributed by atoms with Gasteiger partial charge in [-0.15, -0.1) is 11.3 Å². The number of thiazole rings is 1. The van der Waals surface area contributed by atoms with E-state index in [1.807, 2.05) is 4.90 Å². The number of piperidine rings is 1. The number of aromatic nitrogens is 2. The van der Waals surface area contributed by atoms with Crippen LogP contribution in [-0.2, 0) is 16.0 Å². The van der Waals surface area contributed by atoms with Crippen molar-refractivity contribution in [1.29, 1.82) is 0 Å². The number of rotatable bonds is 5. The summed E-state index contributed by atoms with van der Waals surface area (Å²) in [5.41, 5.74) is 3.48. The first-order valence-corrected chi connectivity index (χ1v) is 11.8. The molecule has 2 aliphatic heterocycles. The third-order valence-electron chi connectivity index (χ3n) is 6.25. The van der Waals surface area contributed by atoms with Crippen molar-refractivity contribution < 1.29 is 9.53 Å². The molecule has 3 aromatic rings. The van der Waals surface area contributed by atoms with Crippen molar-refractivity contribution in [3.8, 4) is 0 Å². The van der Waals surface area contributed by atoms with Crippen molar-refractivity contribution in [3.63, 3.8) is 0 Å². The van der Waals surface area contributed by atoms with Crippen molar-refractivity contribution in [2.75, 3.05) is 25.0 Å². The number of carbonyl (C=O) groups is 1. The number of nitrogens with zero attached hydrogens (tertiary/aromatic N) is 3. The number of carbonyl (C=O) groups excluding carboxylic acids is 1. The Morgan fingerprint density at radius 2 is 2.20 bits per heavy atom. The van der Waals surface area contributed by atoms with Gasteiger partial charge < -0.3 is 15.0 Å². The molecule has 2 fully saturated rings. The van der Waals surface area contributed by atoms with Crippen molar-refractivity contribution >= 4 is 33.7 Å². The van der Waals surface area contributed by atoms with Gasteiger partial charge in [0.05, 0.1) is 5.69 Å². The lowest BCUT2D eigenvalue weighted by Crippen LogP contribution is -2.44. The number of hydrogen-bond donors (Lipinski definition) is 1. The van der Waals surface area contributed by atoms with E-state index < -0.39 is 0 Å². The largest absolute Gasteiger partial charge is 0.368 e. The molecule has 1 N–H and O–H groups in total. The van der Waals surface area contributed by atoms with Gasteiger partial charge >= 0.3 is 0 Å². The molecule has 6 nitrogen and oxygen atoms in total. The van der Waals surface area contributed by atoms with Gasteiger partial charge in [0.15, 0.2) is 0 Å². The fourth-order valence-corrected chi connectivity index (χ4v) is 5.55. The third-order valence-corrected chi connectivity index (χ3v) is 7.14. The first-order chi connectivity index (χ1) is 14.7. The lowest BCUT2D eigenvalue weighted by molar-refractivity contribution is -0.142. The van der Waals surface area contributed by atoms with E-state index in [4.69, 9.17) is 9.72 Å². The van der Waals surface area contributed by atoms with Crippen LogP contribution in [0.4, 0.5) is 11.6 Å². The van der Waals surface area contributed by atoms with Crippen LogP contribution in [-0.4, -0.2) is 46.0 Å². The molecular weight excluding hydrogens is 396 g/mol. The summed E-state index contributed by atoms with van der Waals surface area (Å²) in [6.07, 6.45) is 6.71. The van der Waals surface area contributed by atoms with Crippen LogP contribution >= 0.6 is 11.3 Å². The Hall–Kier alpha value is -2.38. The van der Waals surface area contributed by atoms with E-state index in [-0.39, 0.29) is 17.9 Å². The molecule has 2 saturated heterocycles. The number of nitrogens with one attached hydrogen (secondary N) is 1. The van der Waals surface area contributed by atoms with Crippen LogP contribution in [0.3, 0.4) is 0 Å². The highest BCUT2D eigenvalue weighted by Crippen LogP contribution is 2.35. The average Bonchev–Trinajstić information content (AvgIpc) is 3.53. The van der Waals surface area contributed by atoms with Crippen LogP contribution in [0.1, 0.15) is 49.8 Å². The second-order valence-corrected chi connectivity index (χ2v) is 9.05. The van der Waals surface area contributed by atoms with Gasteiger partial charge in [-0.05, 0) is 43.7 Å². The number of imidazole rings is 1. The predicted octanol–water partition coefficient (Wildman–Crippen LogP) is 4.59. The summed E-state index contributed by atoms with van der Waals surface area (Å²) in [5.74, 6) is 1.27. The van der Waals surface area contributed by atoms with Crippen LogP contribution in [0.15, 0.2) is 35.8 Å². The minimum Gasteiger partial charge on any atom is -0.368 e. The fraction of sp³-hybridized carbons (Fsp3) is 0.478. The van der Waals surface area contributed by atoms with Gasteiger partial charge in [0, 0.05) is 42.9 Å². The number of para-hydroxylation sites is 1. The molecule has 0 saturated carbocycles. The maximum absolute atomic E-state index is 12.9. The molecule has 0 spiro atoms. The summed E-state index contributed by atoms with van der Waals surface area (Å²) < 4.78 is 7.79. The Morgan fingerprint density at radius 3 is 3.03 bits per heavy atom. The molecule has 1 amide bonds. The zero-order valence-corrected chi connectivity index (χ0v) is 18.2. The molecule has 30 heavy (non-hydrogen) atoms. The average molecular weight is 425 g/mol. The Kier molecular flexibility index (Phi) is 5.48. The second kappa shape index (κ2) is 8.40. The summed E-state index contributed by atoms with van der Waals surface area (Å²) in [5, 5.41) is 5.66. The maximum Gasteiger partial charge on any atom is 0.251 e. The molecule has 0 radical (unpaired) electrons. The number of ether oxygens (including phenoxy) is 1. The SMILES string of the molecule is CCc1ccccc1Nc1nc([C@@H]2CCCN(C(=O)[C@@H]3CCCO3)C2)c2sccn12. The molecule has 158 valence electrons. The first kappa shape index (κ1) is 19.6. The quantitative estimate of drug-likeness (QED) is 0.651. The van der Waals surface area contributed by atoms with Gasteiger partial charge in [-0.2, -0.15) is 0 Å². The highest BCUT2D eigenvalue weighted by Gasteiger charge is 2.33. The molecule has 7 heteroatoms. The van der Waals surface area contributed by atoms with E-state index in [2.05, 4.69) is 52.5 Å². The molecule has 2 atom stereocenters. The Bertz CT molecular complexity index is 1040. The van der Waals surface area contributed by atoms with E-state index in [1.165, 1.54) is 10.4 Å². The molecule has 4 heterocycles. The molecular formula is C23H28N4O2S. The van der Waals surface area contributed by atoms with Crippen molar-refractivity contribution in [1.82, 2.24) is 14.3 Å². The van der Waals surface area contributed by atoms with Crippen molar-refractivity contribution in [2.24, 2.45) is 0 Å². The maximum atomic E-state index is 12.9. The van der Waals surface area contributed by atoms with Gasteiger partial charge in [-0.1, -0.05) is 25.1 Å². The smallest absolute Gasteiger partial charge is 0.251 e. The number of benzene rings is 1. The topological polar surface area (TPSA) is 58.9 Å². The molecule has 0 unspecified atom stereocenters. The number of hydrogen-bond acceptors (Lipinski definition) is 5. The van der Waals surface area contributed by atoms with Gasteiger partial charge in [0.1, 0.15) is 10.9 Å². The number of anilines is 2. The Balaban J connectivity index is 1.41. The molecule has 5 rings (SSSR count). The van der Waals surface area contributed by atoms with Gasteiger partial charge in [-0.25, -0.2) is 4.98 Å². The lowest BCUT2D eigenvalue weighted by Gasteiger charge is -2.33. The van der Waals surface area contributed by atoms with Crippen molar-refractivity contribution in [2.45, 2.75) is 51.0 Å². The second-order valence-electron chi connectivity index (χ2n) is 8.16. The van der Waals surface area contributed by atoms with Crippen LogP contribution in [0.25, 0.3) is 4.83 Å². The van der Waals surface area contributed by atoms with E-state index in [9.17, 15) is 4.79 Å². The lowest BCUT2D eigenvalue weighted by atomic mass is 9.94. The summed E-state index contributed by atoms with van der Waals surface area (Å²) >= 11 is 1.72. The molecule has 2 aliphatic rings. The van der Waals surface area contributed by atoms with E-state index in [1.54, 1.807) is 11.3 Å². The number of likely N-dealkylation sites (tertiary alicyclic amines) is 1. The minimum atomic E-state index is -0.240. The van der Waals surface area contributed by atoms with E-state index in [0.717, 1.165) is 62.5 Å². The van der Waals surface area contributed by atoms with E-state index in [0.29, 0.717) is 6.61 Å². The number of aryl methyl sites for hydroxylation is 1. The zero-order valence-electron chi connectivity index (χ0n) is 17.3. The number of fused-ring (bicyclic) bond motifs is 1. The standard InChI is InChI=1S/C23H28N4O2S/c1-2-16-7-3-4-9-18(16)24-23-25-20(22-27(23)12-14-30-22)17-8-5-11-26(15-17)21(28)19-10-6-13-29-19/h3-4,7,9,12,14,17,19H,2,5-6,8,10-11,13,15H2,1H3,(H,24,25)/t17-,19+/m1/s1. The minimum absolute atomic E-state index is 0.161. The zero-order chi connectivity index (χ0) is 20.5. The van der Waals surface area contributed by atoms with Crippen LogP contribution in [0, 0.1) is 0 Å². The third kappa shape index (κ3) is 3.61. The van der Waals surface area contributed by atoms with Crippen LogP contribution in [0.2, 0.25) is 0 Å². The highest BCUT2D eigenvalue weighted by atomic mass is 32.1. The summed E-state index contributed by atoms with van der Waals surface area (Å²) in [6.45, 7) is 4.43. The highest BCUT2D eigenvalue weighted by molar-refractivity contribution is 7.15. The molecule has 2 aromatic heterocycles. The molecule has 0 bridgehead atoms. The number of amides is 1.